The van der Waals surface area contributed by atoms with Crippen LogP contribution in [-0.2, 0) is 27.8 Å². The molecular weight excluding hydrogens is 428 g/mol. The molecule has 2 aromatic carbocycles. The molecule has 0 aromatic heterocycles. The monoisotopic (exact) mass is 458 g/mol. The first-order valence-corrected chi connectivity index (χ1v) is 10.9. The molecule has 0 N–H and O–H groups in total. The number of ketones is 2. The van der Waals surface area contributed by atoms with Crippen molar-refractivity contribution in [3.8, 4) is 5.75 Å². The summed E-state index contributed by atoms with van der Waals surface area (Å²) in [5.41, 5.74) is 2.47. The smallest absolute Gasteiger partial charge is 0.143 e. The van der Waals surface area contributed by atoms with Crippen LogP contribution in [0.3, 0.4) is 0 Å². The van der Waals surface area contributed by atoms with Gasteiger partial charge in [-0.05, 0) is 55.5 Å². The Morgan fingerprint density at radius 1 is 1.00 bits per heavy atom. The molecular formula is C25H31BrO3. The van der Waals surface area contributed by atoms with Crippen molar-refractivity contribution >= 4 is 27.5 Å². The van der Waals surface area contributed by atoms with Crippen LogP contribution >= 0.6 is 15.9 Å². The standard InChI is InChI=1S/C25H31BrO3/c1-17(2)22(27)13-10-19-16-20(12-14-23(19)29-5)25(3,4)24(28)15-11-18-8-6-7-9-21(18)26/h6-9,12,14,16-17H,10-11,13,15H2,1-5H3. The Morgan fingerprint density at radius 3 is 2.28 bits per heavy atom. The molecule has 4 heteroatoms. The first-order chi connectivity index (χ1) is 13.7. The van der Waals surface area contributed by atoms with Gasteiger partial charge in [0.2, 0.25) is 0 Å². The van der Waals surface area contributed by atoms with Gasteiger partial charge in [0.15, 0.2) is 0 Å². The lowest BCUT2D eigenvalue weighted by molar-refractivity contribution is -0.123. The molecule has 0 fully saturated rings. The Balaban J connectivity index is 2.17. The maximum Gasteiger partial charge on any atom is 0.143 e. The van der Waals surface area contributed by atoms with Gasteiger partial charge in [-0.25, -0.2) is 0 Å². The number of benzene rings is 2. The third-order valence-electron chi connectivity index (χ3n) is 5.56. The second-order valence-electron chi connectivity index (χ2n) is 8.29. The molecule has 2 rings (SSSR count). The number of methoxy groups -OCH3 is 1. The van der Waals surface area contributed by atoms with E-state index in [0.717, 1.165) is 26.9 Å². The number of carbonyl (C=O) groups excluding carboxylic acids is 2. The van der Waals surface area contributed by atoms with Crippen LogP contribution in [-0.4, -0.2) is 18.7 Å². The zero-order valence-electron chi connectivity index (χ0n) is 18.0. The maximum atomic E-state index is 13.1. The number of hydrogen-bond acceptors (Lipinski definition) is 3. The highest BCUT2D eigenvalue weighted by molar-refractivity contribution is 9.10. The highest BCUT2D eigenvalue weighted by Gasteiger charge is 2.30. The molecule has 3 nitrogen and oxygen atoms in total. The van der Waals surface area contributed by atoms with Crippen LogP contribution in [0.2, 0.25) is 0 Å². The minimum atomic E-state index is -0.607. The van der Waals surface area contributed by atoms with Gasteiger partial charge in [-0.15, -0.1) is 0 Å². The summed E-state index contributed by atoms with van der Waals surface area (Å²) < 4.78 is 6.52. The molecule has 0 aliphatic carbocycles. The number of hydrogen-bond donors (Lipinski definition) is 0. The van der Waals surface area contributed by atoms with Gasteiger partial charge in [-0.3, -0.25) is 9.59 Å². The summed E-state index contributed by atoms with van der Waals surface area (Å²) in [7, 11) is 1.64. The van der Waals surface area contributed by atoms with E-state index in [2.05, 4.69) is 15.9 Å². The maximum absolute atomic E-state index is 13.1. The number of aryl methyl sites for hydroxylation is 2. The van der Waals surface area contributed by atoms with Gasteiger partial charge in [0, 0.05) is 28.6 Å². The topological polar surface area (TPSA) is 43.4 Å². The van der Waals surface area contributed by atoms with E-state index >= 15 is 0 Å². The third kappa shape index (κ3) is 6.02. The van der Waals surface area contributed by atoms with Crippen LogP contribution < -0.4 is 4.74 Å². The van der Waals surface area contributed by atoms with Gasteiger partial charge in [0.05, 0.1) is 7.11 Å². The lowest BCUT2D eigenvalue weighted by atomic mass is 9.78. The second-order valence-corrected chi connectivity index (χ2v) is 9.14. The molecule has 0 atom stereocenters. The van der Waals surface area contributed by atoms with E-state index in [1.54, 1.807) is 7.11 Å². The van der Waals surface area contributed by atoms with Crippen molar-refractivity contribution in [1.29, 1.82) is 0 Å². The van der Waals surface area contributed by atoms with Crippen LogP contribution in [0.15, 0.2) is 46.9 Å². The van der Waals surface area contributed by atoms with Crippen molar-refractivity contribution < 1.29 is 14.3 Å². The SMILES string of the molecule is COc1ccc(C(C)(C)C(=O)CCc2ccccc2Br)cc1CCC(=O)C(C)C. The zero-order valence-corrected chi connectivity index (χ0v) is 19.6. The van der Waals surface area contributed by atoms with Gasteiger partial charge < -0.3 is 4.74 Å². The Labute approximate surface area is 183 Å². The van der Waals surface area contributed by atoms with E-state index in [1.165, 1.54) is 0 Å². The minimum absolute atomic E-state index is 0.0273. The fraction of sp³-hybridized carbons (Fsp3) is 0.440. The summed E-state index contributed by atoms with van der Waals surface area (Å²) in [6, 6.07) is 13.9. The first-order valence-electron chi connectivity index (χ1n) is 10.1. The molecule has 29 heavy (non-hydrogen) atoms. The van der Waals surface area contributed by atoms with Crippen molar-refractivity contribution in [3.05, 3.63) is 63.6 Å². The molecule has 0 saturated heterocycles. The first kappa shape index (κ1) is 23.3. The van der Waals surface area contributed by atoms with E-state index in [9.17, 15) is 9.59 Å². The Hall–Kier alpha value is -1.94. The van der Waals surface area contributed by atoms with Gasteiger partial charge in [0.1, 0.15) is 17.3 Å². The average Bonchev–Trinajstić information content (AvgIpc) is 2.70. The molecule has 0 unspecified atom stereocenters. The summed E-state index contributed by atoms with van der Waals surface area (Å²) in [6.45, 7) is 7.78. The van der Waals surface area contributed by atoms with Crippen molar-refractivity contribution in [1.82, 2.24) is 0 Å². The number of carbonyl (C=O) groups is 2. The molecule has 0 saturated carbocycles. The van der Waals surface area contributed by atoms with E-state index in [0.29, 0.717) is 25.7 Å². The summed E-state index contributed by atoms with van der Waals surface area (Å²) >= 11 is 3.55. The van der Waals surface area contributed by atoms with Crippen molar-refractivity contribution in [2.24, 2.45) is 5.92 Å². The van der Waals surface area contributed by atoms with Crippen LogP contribution in [0.1, 0.15) is 57.2 Å². The van der Waals surface area contributed by atoms with Crippen LogP contribution in [0.5, 0.6) is 5.75 Å². The van der Waals surface area contributed by atoms with E-state index in [-0.39, 0.29) is 17.5 Å². The third-order valence-corrected chi connectivity index (χ3v) is 6.34. The van der Waals surface area contributed by atoms with E-state index in [4.69, 9.17) is 4.74 Å². The molecule has 2 aromatic rings. The number of rotatable bonds is 10. The summed E-state index contributed by atoms with van der Waals surface area (Å²) in [6.07, 6.45) is 2.28. The van der Waals surface area contributed by atoms with Crippen LogP contribution in [0, 0.1) is 5.92 Å². The Bertz CT molecular complexity index is 868. The van der Waals surface area contributed by atoms with Gasteiger partial charge >= 0.3 is 0 Å². The summed E-state index contributed by atoms with van der Waals surface area (Å²) in [5.74, 6) is 1.23. The molecule has 0 bridgehead atoms. The summed E-state index contributed by atoms with van der Waals surface area (Å²) in [4.78, 5) is 25.1. The predicted molar refractivity (Wildman–Crippen MR) is 122 cm³/mol. The Kier molecular flexibility index (Phi) is 8.21. The minimum Gasteiger partial charge on any atom is -0.496 e. The van der Waals surface area contributed by atoms with Crippen molar-refractivity contribution in [2.75, 3.05) is 7.11 Å². The fourth-order valence-corrected chi connectivity index (χ4v) is 3.82. The lowest BCUT2D eigenvalue weighted by Crippen LogP contribution is -2.29. The largest absolute Gasteiger partial charge is 0.496 e. The second kappa shape index (κ2) is 10.2. The average molecular weight is 459 g/mol. The number of Topliss-reactive ketones (excluding diaryl/α,β-unsaturated/α-hetero) is 2. The van der Waals surface area contributed by atoms with Gasteiger partial charge in [-0.1, -0.05) is 60.1 Å². The predicted octanol–water partition coefficient (Wildman–Crippen LogP) is 6.09. The van der Waals surface area contributed by atoms with Crippen molar-refractivity contribution in [2.45, 2.75) is 58.8 Å². The molecule has 0 radical (unpaired) electrons. The molecule has 156 valence electrons. The number of halogens is 1. The summed E-state index contributed by atoms with van der Waals surface area (Å²) in [5, 5.41) is 0. The molecule has 0 spiro atoms. The lowest BCUT2D eigenvalue weighted by Gasteiger charge is -2.25. The molecule has 0 heterocycles. The van der Waals surface area contributed by atoms with Crippen molar-refractivity contribution in [3.63, 3.8) is 0 Å². The van der Waals surface area contributed by atoms with E-state index in [1.807, 2.05) is 70.2 Å². The molecule has 0 aliphatic rings. The highest BCUT2D eigenvalue weighted by atomic mass is 79.9. The van der Waals surface area contributed by atoms with Crippen LogP contribution in [0.4, 0.5) is 0 Å². The van der Waals surface area contributed by atoms with Gasteiger partial charge in [-0.2, -0.15) is 0 Å². The quantitative estimate of drug-likeness (QED) is 0.432. The highest BCUT2D eigenvalue weighted by Crippen LogP contribution is 2.31. The Morgan fingerprint density at radius 2 is 1.66 bits per heavy atom. The van der Waals surface area contributed by atoms with Gasteiger partial charge in [0.25, 0.3) is 0 Å². The van der Waals surface area contributed by atoms with E-state index < -0.39 is 5.41 Å². The molecule has 0 amide bonds. The normalized spacial score (nSPS) is 11.6. The van der Waals surface area contributed by atoms with Crippen LogP contribution in [0.25, 0.3) is 0 Å². The molecule has 0 aliphatic heterocycles. The zero-order chi connectivity index (χ0) is 21.6. The number of ether oxygens (including phenoxy) is 1. The fourth-order valence-electron chi connectivity index (χ4n) is 3.33.